The van der Waals surface area contributed by atoms with E-state index in [1.54, 1.807) is 0 Å². The van der Waals surface area contributed by atoms with Crippen LogP contribution in [-0.4, -0.2) is 28.2 Å². The van der Waals surface area contributed by atoms with Gasteiger partial charge in [-0.25, -0.2) is 4.90 Å². The SMILES string of the molecule is CCC1(CC)N2C(C(=O)OC2(C)C)C(c2cccc(Cl)c2)C1(N)c1ccc(Cl)cc1. The summed E-state index contributed by atoms with van der Waals surface area (Å²) < 4.78 is 5.88. The zero-order valence-corrected chi connectivity index (χ0v) is 19.3. The first-order valence-electron chi connectivity index (χ1n) is 10.4. The molecule has 2 N–H and O–H groups in total. The number of esters is 1. The molecule has 2 aliphatic rings. The number of carbonyl (C=O) groups is 1. The van der Waals surface area contributed by atoms with Crippen molar-refractivity contribution in [1.29, 1.82) is 0 Å². The Labute approximate surface area is 188 Å². The number of cyclic esters (lactones) is 1. The van der Waals surface area contributed by atoms with Crippen LogP contribution in [-0.2, 0) is 15.1 Å². The van der Waals surface area contributed by atoms with Crippen molar-refractivity contribution in [3.05, 3.63) is 69.7 Å². The molecule has 0 bridgehead atoms. The molecule has 3 atom stereocenters. The number of benzene rings is 2. The van der Waals surface area contributed by atoms with Crippen molar-refractivity contribution in [1.82, 2.24) is 4.90 Å². The number of halogens is 2. The average Bonchev–Trinajstić information content (AvgIpc) is 3.08. The van der Waals surface area contributed by atoms with Gasteiger partial charge in [-0.1, -0.05) is 61.3 Å². The van der Waals surface area contributed by atoms with Gasteiger partial charge >= 0.3 is 5.97 Å². The Balaban J connectivity index is 2.06. The summed E-state index contributed by atoms with van der Waals surface area (Å²) in [6.07, 6.45) is 1.52. The number of rotatable bonds is 4. The highest BCUT2D eigenvalue weighted by Gasteiger charge is 2.73. The predicted octanol–water partition coefficient (Wildman–Crippen LogP) is 5.47. The van der Waals surface area contributed by atoms with E-state index >= 15 is 0 Å². The van der Waals surface area contributed by atoms with Crippen molar-refractivity contribution >= 4 is 29.2 Å². The van der Waals surface area contributed by atoms with Crippen molar-refractivity contribution in [2.45, 2.75) is 69.3 Å². The lowest BCUT2D eigenvalue weighted by molar-refractivity contribution is -0.156. The highest BCUT2D eigenvalue weighted by atomic mass is 35.5. The Morgan fingerprint density at radius 1 is 1.03 bits per heavy atom. The molecule has 2 aliphatic heterocycles. The molecule has 30 heavy (non-hydrogen) atoms. The number of carbonyl (C=O) groups excluding carboxylic acids is 1. The van der Waals surface area contributed by atoms with E-state index in [2.05, 4.69) is 18.7 Å². The van der Waals surface area contributed by atoms with E-state index in [-0.39, 0.29) is 11.9 Å². The lowest BCUT2D eigenvalue weighted by Crippen LogP contribution is -2.65. The molecule has 2 saturated heterocycles. The van der Waals surface area contributed by atoms with Gasteiger partial charge in [0.1, 0.15) is 6.04 Å². The van der Waals surface area contributed by atoms with Gasteiger partial charge in [0.2, 0.25) is 0 Å². The first-order chi connectivity index (χ1) is 14.1. The van der Waals surface area contributed by atoms with E-state index in [4.69, 9.17) is 33.7 Å². The zero-order chi connectivity index (χ0) is 21.9. The van der Waals surface area contributed by atoms with Gasteiger partial charge in [0.15, 0.2) is 5.72 Å². The number of hydrogen-bond donors (Lipinski definition) is 1. The Morgan fingerprint density at radius 2 is 1.67 bits per heavy atom. The fourth-order valence-electron chi connectivity index (χ4n) is 6.10. The summed E-state index contributed by atoms with van der Waals surface area (Å²) in [4.78, 5) is 15.5. The molecule has 0 amide bonds. The maximum absolute atomic E-state index is 13.3. The Bertz CT molecular complexity index is 971. The summed E-state index contributed by atoms with van der Waals surface area (Å²) >= 11 is 12.6. The van der Waals surface area contributed by atoms with E-state index in [0.717, 1.165) is 24.0 Å². The fraction of sp³-hybridized carbons (Fsp3) is 0.458. The topological polar surface area (TPSA) is 55.6 Å². The van der Waals surface area contributed by atoms with Crippen LogP contribution in [0.5, 0.6) is 0 Å². The standard InChI is InChI=1S/C24H28Cl2N2O2/c1-5-23(6-2)24(27,16-10-12-17(25)13-11-16)19(15-8-7-9-18(26)14-15)20-21(29)30-22(3,4)28(20)23/h7-14,19-20H,5-6,27H2,1-4H3. The van der Waals surface area contributed by atoms with Gasteiger partial charge in [-0.2, -0.15) is 0 Å². The molecule has 2 aromatic rings. The van der Waals surface area contributed by atoms with E-state index in [1.165, 1.54) is 0 Å². The predicted molar refractivity (Wildman–Crippen MR) is 121 cm³/mol. The first-order valence-corrected chi connectivity index (χ1v) is 11.2. The van der Waals surface area contributed by atoms with Gasteiger partial charge in [-0.15, -0.1) is 0 Å². The molecular formula is C24H28Cl2N2O2. The summed E-state index contributed by atoms with van der Waals surface area (Å²) in [7, 11) is 0. The second kappa shape index (κ2) is 7.23. The summed E-state index contributed by atoms with van der Waals surface area (Å²) in [5.74, 6) is -0.566. The lowest BCUT2D eigenvalue weighted by Gasteiger charge is -2.51. The molecule has 2 heterocycles. The van der Waals surface area contributed by atoms with Crippen LogP contribution in [0.4, 0.5) is 0 Å². The number of ether oxygens (including phenoxy) is 1. The highest BCUT2D eigenvalue weighted by molar-refractivity contribution is 6.30. The summed E-state index contributed by atoms with van der Waals surface area (Å²) in [6, 6.07) is 14.9. The van der Waals surface area contributed by atoms with E-state index in [9.17, 15) is 4.79 Å². The molecule has 6 heteroatoms. The second-order valence-electron chi connectivity index (χ2n) is 8.83. The van der Waals surface area contributed by atoms with Gasteiger partial charge in [0.05, 0.1) is 5.54 Å². The van der Waals surface area contributed by atoms with Crippen LogP contribution >= 0.6 is 23.2 Å². The summed E-state index contributed by atoms with van der Waals surface area (Å²) in [6.45, 7) is 8.18. The van der Waals surface area contributed by atoms with Gasteiger partial charge in [-0.3, -0.25) is 4.79 Å². The van der Waals surface area contributed by atoms with Gasteiger partial charge in [0.25, 0.3) is 0 Å². The molecule has 0 radical (unpaired) electrons. The van der Waals surface area contributed by atoms with Crippen LogP contribution in [0.2, 0.25) is 10.0 Å². The highest BCUT2D eigenvalue weighted by Crippen LogP contribution is 2.62. The number of fused-ring (bicyclic) bond motifs is 1. The van der Waals surface area contributed by atoms with Crippen LogP contribution in [0.15, 0.2) is 48.5 Å². The molecule has 4 rings (SSSR count). The minimum Gasteiger partial charge on any atom is -0.443 e. The number of nitrogens with zero attached hydrogens (tertiary/aromatic N) is 1. The molecule has 160 valence electrons. The molecule has 2 aromatic carbocycles. The Morgan fingerprint density at radius 3 is 2.23 bits per heavy atom. The van der Waals surface area contributed by atoms with Crippen LogP contribution < -0.4 is 5.73 Å². The molecule has 2 fully saturated rings. The Hall–Kier alpha value is -1.59. The van der Waals surface area contributed by atoms with Crippen molar-refractivity contribution in [3.63, 3.8) is 0 Å². The van der Waals surface area contributed by atoms with Crippen molar-refractivity contribution < 1.29 is 9.53 Å². The molecular weight excluding hydrogens is 419 g/mol. The smallest absolute Gasteiger partial charge is 0.325 e. The monoisotopic (exact) mass is 446 g/mol. The van der Waals surface area contributed by atoms with Crippen molar-refractivity contribution in [3.8, 4) is 0 Å². The van der Waals surface area contributed by atoms with Crippen LogP contribution in [0, 0.1) is 0 Å². The number of nitrogens with two attached hydrogens (primary N) is 1. The molecule has 4 nitrogen and oxygen atoms in total. The van der Waals surface area contributed by atoms with E-state index in [1.807, 2.05) is 62.4 Å². The minimum atomic E-state index is -0.854. The van der Waals surface area contributed by atoms with E-state index in [0.29, 0.717) is 10.0 Å². The Kier molecular flexibility index (Phi) is 5.22. The van der Waals surface area contributed by atoms with Gasteiger partial charge in [-0.05, 0) is 62.1 Å². The van der Waals surface area contributed by atoms with Crippen LogP contribution in [0.1, 0.15) is 57.6 Å². The normalized spacial score (nSPS) is 29.6. The third kappa shape index (κ3) is 2.77. The second-order valence-corrected chi connectivity index (χ2v) is 9.70. The molecule has 0 saturated carbocycles. The summed E-state index contributed by atoms with van der Waals surface area (Å²) in [5.41, 5.74) is 7.26. The average molecular weight is 447 g/mol. The molecule has 3 unspecified atom stereocenters. The first kappa shape index (κ1) is 21.6. The molecule has 0 aliphatic carbocycles. The van der Waals surface area contributed by atoms with Crippen LogP contribution in [0.25, 0.3) is 0 Å². The third-order valence-corrected chi connectivity index (χ3v) is 7.67. The maximum atomic E-state index is 13.3. The van der Waals surface area contributed by atoms with Gasteiger partial charge in [0, 0.05) is 21.5 Å². The van der Waals surface area contributed by atoms with Gasteiger partial charge < -0.3 is 10.5 Å². The number of hydrogen-bond acceptors (Lipinski definition) is 4. The lowest BCUT2D eigenvalue weighted by atomic mass is 9.63. The molecule has 0 spiro atoms. The van der Waals surface area contributed by atoms with E-state index < -0.39 is 22.8 Å². The van der Waals surface area contributed by atoms with Crippen molar-refractivity contribution in [2.24, 2.45) is 5.73 Å². The van der Waals surface area contributed by atoms with Crippen molar-refractivity contribution in [2.75, 3.05) is 0 Å². The van der Waals surface area contributed by atoms with Crippen LogP contribution in [0.3, 0.4) is 0 Å². The fourth-order valence-corrected chi connectivity index (χ4v) is 6.42. The summed E-state index contributed by atoms with van der Waals surface area (Å²) in [5, 5.41) is 1.27. The largest absolute Gasteiger partial charge is 0.443 e. The molecule has 0 aromatic heterocycles. The quantitative estimate of drug-likeness (QED) is 0.632. The third-order valence-electron chi connectivity index (χ3n) is 7.19. The maximum Gasteiger partial charge on any atom is 0.325 e. The minimum absolute atomic E-state index is 0.238. The zero-order valence-electron chi connectivity index (χ0n) is 17.8.